The van der Waals surface area contributed by atoms with E-state index >= 15 is 0 Å². The molecule has 138 valence electrons. The summed E-state index contributed by atoms with van der Waals surface area (Å²) in [5.41, 5.74) is 0.900. The van der Waals surface area contributed by atoms with E-state index in [1.165, 1.54) is 28.0 Å². The molecule has 0 aliphatic heterocycles. The topological polar surface area (TPSA) is 74.8 Å². The zero-order valence-corrected chi connectivity index (χ0v) is 17.4. The summed E-state index contributed by atoms with van der Waals surface area (Å²) in [6.07, 6.45) is 0.851. The van der Waals surface area contributed by atoms with E-state index in [9.17, 15) is 9.59 Å². The number of rotatable bonds is 7. The lowest BCUT2D eigenvalue weighted by Crippen LogP contribution is -2.32. The Hall–Kier alpha value is -1.64. The predicted molar refractivity (Wildman–Crippen MR) is 112 cm³/mol. The highest BCUT2D eigenvalue weighted by Crippen LogP contribution is 2.26. The normalized spacial score (nSPS) is 12.4. The van der Waals surface area contributed by atoms with E-state index in [0.29, 0.717) is 23.5 Å². The van der Waals surface area contributed by atoms with Crippen molar-refractivity contribution in [3.8, 4) is 0 Å². The highest BCUT2D eigenvalue weighted by atomic mass is 32.2. The third-order valence-corrected chi connectivity index (χ3v) is 7.37. The maximum Gasteiger partial charge on any atom is 0.259 e. The predicted octanol–water partition coefficient (Wildman–Crippen LogP) is 3.64. The lowest BCUT2D eigenvalue weighted by atomic mass is 10.2. The summed E-state index contributed by atoms with van der Waals surface area (Å²) in [6.45, 7) is 6.46. The zero-order valence-electron chi connectivity index (χ0n) is 14.9. The Morgan fingerprint density at radius 2 is 2.23 bits per heavy atom. The molecule has 1 amide bonds. The molecule has 3 rings (SSSR count). The number of fused-ring (bicyclic) bond motifs is 1. The molecule has 0 aliphatic rings. The molecule has 0 aliphatic carbocycles. The first-order valence-corrected chi connectivity index (χ1v) is 11.1. The SMILES string of the molecule is Cc1sc2nc(CS[C@H](C)C(=O)NCCc3cccs3)[nH]c(=O)c2c1C. The molecular formula is C18H21N3O2S3. The number of hydrogen-bond donors (Lipinski definition) is 2. The Morgan fingerprint density at radius 1 is 1.42 bits per heavy atom. The number of amides is 1. The Bertz CT molecular complexity index is 960. The van der Waals surface area contributed by atoms with Gasteiger partial charge in [0.15, 0.2) is 0 Å². The number of hydrogen-bond acceptors (Lipinski definition) is 6. The van der Waals surface area contributed by atoms with Crippen LogP contribution in [0.1, 0.15) is 28.1 Å². The molecule has 8 heteroatoms. The van der Waals surface area contributed by atoms with Crippen molar-refractivity contribution in [2.24, 2.45) is 0 Å². The number of nitrogens with zero attached hydrogens (tertiary/aromatic N) is 1. The second-order valence-electron chi connectivity index (χ2n) is 6.05. The molecule has 0 radical (unpaired) electrons. The molecule has 0 saturated heterocycles. The maximum absolute atomic E-state index is 12.3. The molecule has 26 heavy (non-hydrogen) atoms. The van der Waals surface area contributed by atoms with Gasteiger partial charge in [-0.05, 0) is 44.2 Å². The summed E-state index contributed by atoms with van der Waals surface area (Å²) >= 11 is 4.71. The van der Waals surface area contributed by atoms with Crippen LogP contribution in [0.25, 0.3) is 10.2 Å². The van der Waals surface area contributed by atoms with E-state index in [-0.39, 0.29) is 16.7 Å². The fourth-order valence-corrected chi connectivity index (χ4v) is 5.09. The van der Waals surface area contributed by atoms with Crippen LogP contribution in [0.15, 0.2) is 22.3 Å². The summed E-state index contributed by atoms with van der Waals surface area (Å²) in [5, 5.41) is 5.48. The molecule has 0 unspecified atom stereocenters. The van der Waals surface area contributed by atoms with Crippen LogP contribution in [0.5, 0.6) is 0 Å². The first-order chi connectivity index (χ1) is 12.5. The summed E-state index contributed by atoms with van der Waals surface area (Å²) in [4.78, 5) is 35.0. The van der Waals surface area contributed by atoms with E-state index in [1.807, 2.05) is 32.2 Å². The van der Waals surface area contributed by atoms with Crippen LogP contribution in [0.3, 0.4) is 0 Å². The fourth-order valence-electron chi connectivity index (χ4n) is 2.55. The van der Waals surface area contributed by atoms with E-state index < -0.39 is 0 Å². The Morgan fingerprint density at radius 3 is 2.96 bits per heavy atom. The minimum atomic E-state index is -0.203. The lowest BCUT2D eigenvalue weighted by Gasteiger charge is -2.11. The quantitative estimate of drug-likeness (QED) is 0.627. The van der Waals surface area contributed by atoms with Crippen molar-refractivity contribution >= 4 is 50.6 Å². The molecule has 0 aromatic carbocycles. The molecule has 0 spiro atoms. The molecule has 5 nitrogen and oxygen atoms in total. The summed E-state index contributed by atoms with van der Waals surface area (Å²) in [5.74, 6) is 1.13. The Balaban J connectivity index is 1.55. The Kier molecular flexibility index (Phi) is 6.16. The molecular weight excluding hydrogens is 386 g/mol. The first kappa shape index (κ1) is 19.1. The van der Waals surface area contributed by atoms with E-state index in [0.717, 1.165) is 21.7 Å². The van der Waals surface area contributed by atoms with Crippen molar-refractivity contribution in [3.63, 3.8) is 0 Å². The monoisotopic (exact) mass is 407 g/mol. The number of nitrogens with one attached hydrogen (secondary N) is 2. The third kappa shape index (κ3) is 4.36. The van der Waals surface area contributed by atoms with Crippen LogP contribution in [0.4, 0.5) is 0 Å². The summed E-state index contributed by atoms with van der Waals surface area (Å²) < 4.78 is 0. The number of thioether (sulfide) groups is 1. The minimum Gasteiger partial charge on any atom is -0.355 e. The minimum absolute atomic E-state index is 0.0118. The number of aryl methyl sites for hydroxylation is 2. The molecule has 1 atom stereocenters. The van der Waals surface area contributed by atoms with Crippen LogP contribution in [-0.2, 0) is 17.0 Å². The lowest BCUT2D eigenvalue weighted by molar-refractivity contribution is -0.120. The van der Waals surface area contributed by atoms with Crippen molar-refractivity contribution in [2.45, 2.75) is 38.2 Å². The molecule has 0 saturated carbocycles. The third-order valence-electron chi connectivity index (χ3n) is 4.18. The van der Waals surface area contributed by atoms with Gasteiger partial charge in [-0.25, -0.2) is 4.98 Å². The van der Waals surface area contributed by atoms with Gasteiger partial charge in [0.25, 0.3) is 5.56 Å². The number of carbonyl (C=O) groups excluding carboxylic acids is 1. The molecule has 3 heterocycles. The van der Waals surface area contributed by atoms with E-state index in [4.69, 9.17) is 0 Å². The van der Waals surface area contributed by atoms with Crippen LogP contribution in [-0.4, -0.2) is 27.7 Å². The number of carbonyl (C=O) groups is 1. The maximum atomic E-state index is 12.3. The van der Waals surface area contributed by atoms with Gasteiger partial charge in [-0.15, -0.1) is 34.4 Å². The summed E-state index contributed by atoms with van der Waals surface area (Å²) in [7, 11) is 0. The zero-order chi connectivity index (χ0) is 18.7. The molecule has 0 bridgehead atoms. The van der Waals surface area contributed by atoms with Crippen molar-refractivity contribution < 1.29 is 4.79 Å². The fraction of sp³-hybridized carbons (Fsp3) is 0.389. The second kappa shape index (κ2) is 8.37. The second-order valence-corrected chi connectivity index (χ2v) is 9.61. The first-order valence-electron chi connectivity index (χ1n) is 8.36. The van der Waals surface area contributed by atoms with Gasteiger partial charge < -0.3 is 10.3 Å². The van der Waals surface area contributed by atoms with Gasteiger partial charge in [0.1, 0.15) is 10.7 Å². The summed E-state index contributed by atoms with van der Waals surface area (Å²) in [6, 6.07) is 4.09. The van der Waals surface area contributed by atoms with Crippen molar-refractivity contribution in [2.75, 3.05) is 6.54 Å². The number of H-pyrrole nitrogens is 1. The standard InChI is InChI=1S/C18H21N3O2S3/c1-10-11(2)26-18-15(10)17(23)20-14(21-18)9-25-12(3)16(22)19-7-6-13-5-4-8-24-13/h4-5,8,12H,6-7,9H2,1-3H3,(H,19,22)(H,20,21,23)/t12-/m1/s1. The van der Waals surface area contributed by atoms with Gasteiger partial charge in [-0.1, -0.05) is 6.07 Å². The van der Waals surface area contributed by atoms with Gasteiger partial charge in [0.05, 0.1) is 16.4 Å². The van der Waals surface area contributed by atoms with Crippen molar-refractivity contribution in [3.05, 3.63) is 49.0 Å². The average Bonchev–Trinajstić information content (AvgIpc) is 3.21. The van der Waals surface area contributed by atoms with Crippen LogP contribution in [0.2, 0.25) is 0 Å². The largest absolute Gasteiger partial charge is 0.355 e. The van der Waals surface area contributed by atoms with E-state index in [1.54, 1.807) is 11.3 Å². The van der Waals surface area contributed by atoms with Gasteiger partial charge >= 0.3 is 0 Å². The van der Waals surface area contributed by atoms with Gasteiger partial charge in [0.2, 0.25) is 5.91 Å². The van der Waals surface area contributed by atoms with Crippen molar-refractivity contribution in [1.82, 2.24) is 15.3 Å². The molecule has 0 fully saturated rings. The van der Waals surface area contributed by atoms with Crippen LogP contribution >= 0.6 is 34.4 Å². The average molecular weight is 408 g/mol. The van der Waals surface area contributed by atoms with E-state index in [2.05, 4.69) is 21.4 Å². The highest BCUT2D eigenvalue weighted by molar-refractivity contribution is 7.99. The number of thiophene rings is 2. The van der Waals surface area contributed by atoms with Crippen LogP contribution in [0, 0.1) is 13.8 Å². The number of aromatic amines is 1. The van der Waals surface area contributed by atoms with Crippen molar-refractivity contribution in [1.29, 1.82) is 0 Å². The molecule has 2 N–H and O–H groups in total. The highest BCUT2D eigenvalue weighted by Gasteiger charge is 2.16. The van der Waals surface area contributed by atoms with Gasteiger partial charge in [-0.2, -0.15) is 0 Å². The molecule has 3 aromatic rings. The van der Waals surface area contributed by atoms with Gasteiger partial charge in [0, 0.05) is 16.3 Å². The smallest absolute Gasteiger partial charge is 0.259 e. The van der Waals surface area contributed by atoms with Crippen LogP contribution < -0.4 is 10.9 Å². The van der Waals surface area contributed by atoms with Gasteiger partial charge in [-0.3, -0.25) is 9.59 Å². The molecule has 3 aromatic heterocycles. The Labute approximate surface area is 164 Å². The number of aromatic nitrogens is 2.